The number of nitrogens with one attached hydrogen (secondary N) is 1. The molecule has 3 nitrogen and oxygen atoms in total. The van der Waals surface area contributed by atoms with E-state index < -0.39 is 11.7 Å². The van der Waals surface area contributed by atoms with Crippen LogP contribution in [0.3, 0.4) is 0 Å². The van der Waals surface area contributed by atoms with Crippen molar-refractivity contribution in [2.45, 2.75) is 19.0 Å². The average molecular weight is 348 g/mol. The molecule has 0 radical (unpaired) electrons. The van der Waals surface area contributed by atoms with E-state index in [1.165, 1.54) is 24.3 Å². The Morgan fingerprint density at radius 2 is 1.68 bits per heavy atom. The van der Waals surface area contributed by atoms with Gasteiger partial charge in [-0.05, 0) is 60.3 Å². The number of piperidine rings is 3. The zero-order valence-electron chi connectivity index (χ0n) is 14.1. The number of amides is 1. The van der Waals surface area contributed by atoms with Gasteiger partial charge >= 0.3 is 6.18 Å². The quantitative estimate of drug-likeness (QED) is 0.658. The number of carbonyl (C=O) groups is 1. The van der Waals surface area contributed by atoms with Crippen molar-refractivity contribution in [1.29, 1.82) is 0 Å². The second-order valence-corrected chi connectivity index (χ2v) is 7.56. The van der Waals surface area contributed by atoms with Gasteiger partial charge in [-0.2, -0.15) is 13.2 Å². The second kappa shape index (κ2) is 5.90. The first-order chi connectivity index (χ1) is 11.8. The predicted molar refractivity (Wildman–Crippen MR) is 91.8 cm³/mol. The molecule has 4 fully saturated rings. The van der Waals surface area contributed by atoms with Crippen LogP contribution in [-0.4, -0.2) is 38.3 Å². The highest BCUT2D eigenvalue weighted by Crippen LogP contribution is 2.47. The van der Waals surface area contributed by atoms with Gasteiger partial charge in [0.1, 0.15) is 7.85 Å². The number of anilines is 1. The summed E-state index contributed by atoms with van der Waals surface area (Å²) in [5.74, 6) is 1.48. The third-order valence-corrected chi connectivity index (χ3v) is 5.83. The van der Waals surface area contributed by atoms with E-state index in [1.54, 1.807) is 0 Å². The monoisotopic (exact) mass is 348 g/mol. The van der Waals surface area contributed by atoms with E-state index in [9.17, 15) is 18.0 Å². The Kier molecular flexibility index (Phi) is 3.94. The van der Waals surface area contributed by atoms with Crippen LogP contribution in [-0.2, 0) is 11.0 Å². The Labute approximate surface area is 145 Å². The largest absolute Gasteiger partial charge is 0.416 e. The van der Waals surface area contributed by atoms with E-state index in [2.05, 4.69) is 10.2 Å². The van der Waals surface area contributed by atoms with Crippen molar-refractivity contribution in [3.63, 3.8) is 0 Å². The first kappa shape index (κ1) is 16.7. The van der Waals surface area contributed by atoms with Gasteiger partial charge in [-0.15, -0.1) is 0 Å². The van der Waals surface area contributed by atoms with E-state index in [4.69, 9.17) is 0 Å². The zero-order valence-corrected chi connectivity index (χ0v) is 14.1. The number of alkyl halides is 3. The van der Waals surface area contributed by atoms with Crippen LogP contribution in [0.2, 0.25) is 0 Å². The number of benzene rings is 1. The molecule has 1 aliphatic carbocycles. The Morgan fingerprint density at radius 1 is 1.08 bits per heavy atom. The summed E-state index contributed by atoms with van der Waals surface area (Å²) in [5, 5.41) is 2.75. The highest BCUT2D eigenvalue weighted by molar-refractivity contribution is 6.39. The number of carbonyl (C=O) groups excluding carboxylic acids is 1. The summed E-state index contributed by atoms with van der Waals surface area (Å²) >= 11 is 0. The molecule has 2 unspecified atom stereocenters. The van der Waals surface area contributed by atoms with Crippen molar-refractivity contribution in [2.75, 3.05) is 25.0 Å². The molecule has 1 aromatic carbocycles. The van der Waals surface area contributed by atoms with Crippen LogP contribution in [0.1, 0.15) is 18.4 Å². The molecule has 5 rings (SSSR count). The molecule has 0 spiro atoms. The lowest BCUT2D eigenvalue weighted by Crippen LogP contribution is -2.55. The fourth-order valence-electron chi connectivity index (χ4n) is 4.91. The number of halogens is 3. The third kappa shape index (κ3) is 3.10. The van der Waals surface area contributed by atoms with E-state index >= 15 is 0 Å². The van der Waals surface area contributed by atoms with E-state index in [0.717, 1.165) is 49.5 Å². The first-order valence-corrected chi connectivity index (χ1v) is 8.73. The smallest absolute Gasteiger partial charge is 0.323 e. The van der Waals surface area contributed by atoms with E-state index in [1.807, 2.05) is 7.85 Å². The minimum Gasteiger partial charge on any atom is -0.323 e. The van der Waals surface area contributed by atoms with Crippen molar-refractivity contribution < 1.29 is 18.0 Å². The van der Waals surface area contributed by atoms with Crippen molar-refractivity contribution >= 4 is 19.4 Å². The molecule has 2 atom stereocenters. The van der Waals surface area contributed by atoms with Gasteiger partial charge in [-0.1, -0.05) is 5.57 Å². The fraction of sp³-hybridized carbons (Fsp3) is 0.500. The SMILES string of the molecule is BC(C(=O)Nc1ccc(C(F)(F)F)cc1)=C1C2CC3CC1CN(C3)C2. The third-order valence-electron chi connectivity index (χ3n) is 5.83. The maximum absolute atomic E-state index is 12.6. The second-order valence-electron chi connectivity index (χ2n) is 7.56. The van der Waals surface area contributed by atoms with Gasteiger partial charge in [0.15, 0.2) is 0 Å². The van der Waals surface area contributed by atoms with Gasteiger partial charge < -0.3 is 10.2 Å². The summed E-state index contributed by atoms with van der Waals surface area (Å²) in [7, 11) is 1.85. The summed E-state index contributed by atoms with van der Waals surface area (Å²) in [6.45, 7) is 3.26. The molecule has 4 bridgehead atoms. The van der Waals surface area contributed by atoms with Crippen LogP contribution in [0.15, 0.2) is 35.3 Å². The minimum atomic E-state index is -4.36. The Bertz CT molecular complexity index is 697. The summed E-state index contributed by atoms with van der Waals surface area (Å²) in [6, 6.07) is 4.60. The molecular formula is C18H20BF3N2O. The maximum atomic E-state index is 12.6. The summed E-state index contributed by atoms with van der Waals surface area (Å²) in [5.41, 5.74) is 1.70. The summed E-state index contributed by atoms with van der Waals surface area (Å²) in [6.07, 6.45) is -2.05. The van der Waals surface area contributed by atoms with Crippen molar-refractivity contribution in [1.82, 2.24) is 4.90 Å². The minimum absolute atomic E-state index is 0.197. The van der Waals surface area contributed by atoms with Gasteiger partial charge in [0.05, 0.1) is 5.56 Å². The molecule has 7 heteroatoms. The van der Waals surface area contributed by atoms with Gasteiger partial charge in [0.25, 0.3) is 0 Å². The predicted octanol–water partition coefficient (Wildman–Crippen LogP) is 2.50. The Morgan fingerprint density at radius 3 is 2.20 bits per heavy atom. The molecule has 1 N–H and O–H groups in total. The average Bonchev–Trinajstić information content (AvgIpc) is 2.53. The lowest BCUT2D eigenvalue weighted by molar-refractivity contribution is -0.137. The highest BCUT2D eigenvalue weighted by atomic mass is 19.4. The number of nitrogens with zero attached hydrogens (tertiary/aromatic N) is 1. The van der Waals surface area contributed by atoms with Crippen LogP contribution in [0, 0.1) is 17.8 Å². The van der Waals surface area contributed by atoms with Gasteiger partial charge in [-0.25, -0.2) is 0 Å². The fourth-order valence-corrected chi connectivity index (χ4v) is 4.91. The van der Waals surface area contributed by atoms with Crippen molar-refractivity contribution in [3.05, 3.63) is 40.9 Å². The molecule has 1 saturated carbocycles. The molecule has 3 aliphatic heterocycles. The number of hydrogen-bond acceptors (Lipinski definition) is 2. The van der Waals surface area contributed by atoms with Gasteiger partial charge in [0.2, 0.25) is 5.91 Å². The van der Waals surface area contributed by atoms with E-state index in [-0.39, 0.29) is 5.91 Å². The highest BCUT2D eigenvalue weighted by Gasteiger charge is 2.45. The lowest BCUT2D eigenvalue weighted by atomic mass is 9.62. The Hall–Kier alpha value is -1.76. The maximum Gasteiger partial charge on any atom is 0.416 e. The van der Waals surface area contributed by atoms with E-state index in [0.29, 0.717) is 17.5 Å². The Balaban J connectivity index is 1.51. The summed E-state index contributed by atoms with van der Waals surface area (Å²) < 4.78 is 37.9. The standard InChI is InChI=1S/C18H20BF3N2O/c19-16(15-11-5-10-6-12(15)9-24(7-10)8-11)17(25)23-14-3-1-13(2-4-14)18(20,21)22/h1-4,10-12H,5-9,19H2,(H,23,25). The molecule has 1 amide bonds. The molecule has 132 valence electrons. The van der Waals surface area contributed by atoms with Crippen LogP contribution in [0.25, 0.3) is 0 Å². The van der Waals surface area contributed by atoms with Crippen LogP contribution in [0.5, 0.6) is 0 Å². The molecule has 0 aromatic heterocycles. The zero-order chi connectivity index (χ0) is 17.8. The van der Waals surface area contributed by atoms with Crippen LogP contribution >= 0.6 is 0 Å². The molecule has 3 saturated heterocycles. The normalized spacial score (nSPS) is 30.4. The topological polar surface area (TPSA) is 32.3 Å². The molecule has 1 aromatic rings. The molecule has 25 heavy (non-hydrogen) atoms. The lowest BCUT2D eigenvalue weighted by Gasteiger charge is -2.53. The molecule has 3 heterocycles. The first-order valence-electron chi connectivity index (χ1n) is 8.73. The van der Waals surface area contributed by atoms with Crippen molar-refractivity contribution in [2.24, 2.45) is 17.8 Å². The van der Waals surface area contributed by atoms with Gasteiger partial charge in [-0.3, -0.25) is 4.79 Å². The van der Waals surface area contributed by atoms with Crippen LogP contribution < -0.4 is 5.32 Å². The molecular weight excluding hydrogens is 328 g/mol. The molecule has 4 aliphatic rings. The van der Waals surface area contributed by atoms with Crippen LogP contribution in [0.4, 0.5) is 18.9 Å². The number of hydrogen-bond donors (Lipinski definition) is 1. The number of rotatable bonds is 2. The summed E-state index contributed by atoms with van der Waals surface area (Å²) in [4.78, 5) is 15.1. The van der Waals surface area contributed by atoms with Gasteiger partial charge in [0, 0.05) is 25.3 Å². The van der Waals surface area contributed by atoms with Crippen molar-refractivity contribution in [3.8, 4) is 0 Å².